The van der Waals surface area contributed by atoms with Gasteiger partial charge in [-0.1, -0.05) is 34.1 Å². The Hall–Kier alpha value is -3.75. The van der Waals surface area contributed by atoms with Crippen molar-refractivity contribution in [3.63, 3.8) is 0 Å². The fourth-order valence-electron chi connectivity index (χ4n) is 4.32. The van der Waals surface area contributed by atoms with E-state index in [4.69, 9.17) is 15.9 Å². The second-order valence-corrected chi connectivity index (χ2v) is 10.7. The summed E-state index contributed by atoms with van der Waals surface area (Å²) in [5.41, 5.74) is 5.87. The number of carbonyl (C=O) groups excluding carboxylic acids is 4. The second-order valence-electron chi connectivity index (χ2n) is 10.7. The summed E-state index contributed by atoms with van der Waals surface area (Å²) >= 11 is 0. The molecule has 1 rings (SSSR count). The molecule has 0 radical (unpaired) electrons. The van der Waals surface area contributed by atoms with Crippen molar-refractivity contribution in [1.29, 1.82) is 0 Å². The number of nitrogens with two attached hydrogens (primary N) is 1. The summed E-state index contributed by atoms with van der Waals surface area (Å²) in [6.45, 7) is 7.08. The molecule has 0 aromatic heterocycles. The highest BCUT2D eigenvalue weighted by Crippen LogP contribution is 2.22. The summed E-state index contributed by atoms with van der Waals surface area (Å²) in [6, 6.07) is -5.87. The Morgan fingerprint density at radius 1 is 0.854 bits per heavy atom. The average Bonchev–Trinajstić information content (AvgIpc) is 3.40. The lowest BCUT2D eigenvalue weighted by Gasteiger charge is -2.32. The highest BCUT2D eigenvalue weighted by molar-refractivity contribution is 5.96. The number of hydrogen-bond acceptors (Lipinski definition) is 8. The third-order valence-electron chi connectivity index (χ3n) is 7.18. The van der Waals surface area contributed by atoms with Gasteiger partial charge in [-0.25, -0.2) is 4.79 Å². The predicted molar refractivity (Wildman–Crippen MR) is 144 cm³/mol. The van der Waals surface area contributed by atoms with Crippen molar-refractivity contribution in [1.82, 2.24) is 20.9 Å². The van der Waals surface area contributed by atoms with E-state index >= 15 is 0 Å². The normalized spacial score (nSPS) is 18.5. The minimum Gasteiger partial charge on any atom is -0.481 e. The molecule has 1 heterocycles. The number of amides is 4. The third-order valence-corrected chi connectivity index (χ3v) is 7.18. The lowest BCUT2D eigenvalue weighted by Crippen LogP contribution is -2.60. The molecule has 0 aromatic rings. The van der Waals surface area contributed by atoms with Gasteiger partial charge in [0.1, 0.15) is 24.2 Å². The Balaban J connectivity index is 3.14. The largest absolute Gasteiger partial charge is 0.481 e. The Morgan fingerprint density at radius 2 is 1.41 bits per heavy atom. The number of rotatable bonds is 17. The molecule has 15 nitrogen and oxygen atoms in total. The zero-order valence-corrected chi connectivity index (χ0v) is 23.9. The van der Waals surface area contributed by atoms with E-state index in [0.29, 0.717) is 12.8 Å². The molecular formula is C26H43N5O10. The molecule has 1 aliphatic heterocycles. The topological polar surface area (TPSA) is 246 Å². The van der Waals surface area contributed by atoms with E-state index in [0.717, 1.165) is 0 Å². The van der Waals surface area contributed by atoms with Gasteiger partial charge in [-0.3, -0.25) is 28.8 Å². The first kappa shape index (κ1) is 35.3. The lowest BCUT2D eigenvalue weighted by molar-refractivity contribution is -0.146. The van der Waals surface area contributed by atoms with Gasteiger partial charge in [-0.2, -0.15) is 0 Å². The van der Waals surface area contributed by atoms with E-state index in [2.05, 4.69) is 16.0 Å². The predicted octanol–water partition coefficient (Wildman–Crippen LogP) is -0.725. The van der Waals surface area contributed by atoms with Gasteiger partial charge in [0, 0.05) is 19.4 Å². The zero-order chi connectivity index (χ0) is 31.4. The van der Waals surface area contributed by atoms with Gasteiger partial charge < -0.3 is 41.9 Å². The van der Waals surface area contributed by atoms with E-state index in [1.54, 1.807) is 27.7 Å². The Kier molecular flexibility index (Phi) is 14.2. The number of likely N-dealkylation sites (tertiary alicyclic amines) is 1. The highest BCUT2D eigenvalue weighted by atomic mass is 16.4. The minimum absolute atomic E-state index is 0.162. The molecule has 1 aliphatic rings. The van der Waals surface area contributed by atoms with Crippen LogP contribution in [0.1, 0.15) is 72.6 Å². The van der Waals surface area contributed by atoms with Crippen LogP contribution in [0.3, 0.4) is 0 Å². The Morgan fingerprint density at radius 3 is 1.90 bits per heavy atom. The highest BCUT2D eigenvalue weighted by Gasteiger charge is 2.41. The van der Waals surface area contributed by atoms with E-state index in [1.165, 1.54) is 4.90 Å². The fraction of sp³-hybridized carbons (Fsp3) is 0.731. The van der Waals surface area contributed by atoms with Gasteiger partial charge in [0.2, 0.25) is 23.6 Å². The summed E-state index contributed by atoms with van der Waals surface area (Å²) in [6.07, 6.45) is -0.390. The van der Waals surface area contributed by atoms with Crippen LogP contribution in [0.25, 0.3) is 0 Å². The maximum Gasteiger partial charge on any atom is 0.326 e. The molecular weight excluding hydrogens is 542 g/mol. The maximum absolute atomic E-state index is 13.7. The summed E-state index contributed by atoms with van der Waals surface area (Å²) in [7, 11) is 0. The molecule has 6 atom stereocenters. The summed E-state index contributed by atoms with van der Waals surface area (Å²) in [5, 5.41) is 34.8. The molecule has 41 heavy (non-hydrogen) atoms. The maximum atomic E-state index is 13.7. The van der Waals surface area contributed by atoms with Crippen molar-refractivity contribution >= 4 is 41.5 Å². The lowest BCUT2D eigenvalue weighted by atomic mass is 9.96. The second kappa shape index (κ2) is 16.5. The van der Waals surface area contributed by atoms with Gasteiger partial charge in [-0.15, -0.1) is 0 Å². The van der Waals surface area contributed by atoms with Crippen LogP contribution in [0.2, 0.25) is 0 Å². The van der Waals surface area contributed by atoms with Crippen LogP contribution in [0, 0.1) is 11.8 Å². The van der Waals surface area contributed by atoms with E-state index in [9.17, 15) is 38.7 Å². The molecule has 0 spiro atoms. The van der Waals surface area contributed by atoms with Crippen molar-refractivity contribution < 1.29 is 48.9 Å². The Labute approximate surface area is 238 Å². The number of hydrogen-bond donors (Lipinski definition) is 7. The quantitative estimate of drug-likeness (QED) is 0.112. The first-order valence-electron chi connectivity index (χ1n) is 13.7. The van der Waals surface area contributed by atoms with Gasteiger partial charge in [0.05, 0.1) is 6.04 Å². The summed E-state index contributed by atoms with van der Waals surface area (Å²) < 4.78 is 0. The number of carbonyl (C=O) groups is 7. The number of aliphatic carboxylic acids is 3. The standard InChI is InChI=1S/C26H43N5O10/c1-5-14(4)21(30-22(36)15(8-10-18(32)33)28-24(38)20(27)13(2)3)25(39)31-12-6-7-17(31)23(37)29-16(26(40)41)9-11-19(34)35/h13-17,20-21H,5-12,27H2,1-4H3,(H,28,38)(H,29,37)(H,30,36)(H,32,33)(H,34,35)(H,40,41). The van der Waals surface area contributed by atoms with Crippen LogP contribution < -0.4 is 21.7 Å². The molecule has 0 bridgehead atoms. The van der Waals surface area contributed by atoms with Gasteiger partial charge in [0.25, 0.3) is 0 Å². The third kappa shape index (κ3) is 11.0. The molecule has 15 heteroatoms. The zero-order valence-electron chi connectivity index (χ0n) is 23.9. The number of nitrogens with one attached hydrogen (secondary N) is 3. The van der Waals surface area contributed by atoms with Crippen LogP contribution in [-0.4, -0.2) is 98.5 Å². The first-order valence-corrected chi connectivity index (χ1v) is 13.7. The molecule has 0 aliphatic carbocycles. The van der Waals surface area contributed by atoms with Crippen LogP contribution in [0.4, 0.5) is 0 Å². The fourth-order valence-corrected chi connectivity index (χ4v) is 4.32. The average molecular weight is 586 g/mol. The molecule has 0 saturated carbocycles. The Bertz CT molecular complexity index is 988. The number of carboxylic acids is 3. The van der Waals surface area contributed by atoms with Crippen molar-refractivity contribution in [2.24, 2.45) is 17.6 Å². The molecule has 4 amide bonds. The molecule has 0 aromatic carbocycles. The van der Waals surface area contributed by atoms with Crippen LogP contribution in [0.15, 0.2) is 0 Å². The van der Waals surface area contributed by atoms with Crippen molar-refractivity contribution in [2.75, 3.05) is 6.54 Å². The SMILES string of the molecule is CCC(C)C(NC(=O)C(CCC(=O)O)NC(=O)C(N)C(C)C)C(=O)N1CCCC1C(=O)NC(CCC(=O)O)C(=O)O. The van der Waals surface area contributed by atoms with Crippen LogP contribution >= 0.6 is 0 Å². The smallest absolute Gasteiger partial charge is 0.326 e. The molecule has 8 N–H and O–H groups in total. The first-order chi connectivity index (χ1) is 19.1. The van der Waals surface area contributed by atoms with Gasteiger partial charge in [0.15, 0.2) is 0 Å². The molecule has 1 fully saturated rings. The van der Waals surface area contributed by atoms with Gasteiger partial charge >= 0.3 is 17.9 Å². The van der Waals surface area contributed by atoms with Crippen molar-refractivity contribution in [3.8, 4) is 0 Å². The molecule has 1 saturated heterocycles. The summed E-state index contributed by atoms with van der Waals surface area (Å²) in [5.74, 6) is -7.28. The minimum atomic E-state index is -1.46. The summed E-state index contributed by atoms with van der Waals surface area (Å²) in [4.78, 5) is 87.3. The van der Waals surface area contributed by atoms with Crippen molar-refractivity contribution in [3.05, 3.63) is 0 Å². The molecule has 232 valence electrons. The van der Waals surface area contributed by atoms with E-state index < -0.39 is 90.5 Å². The van der Waals surface area contributed by atoms with E-state index in [-0.39, 0.29) is 31.7 Å². The number of nitrogens with zero attached hydrogens (tertiary/aromatic N) is 1. The van der Waals surface area contributed by atoms with Crippen LogP contribution in [-0.2, 0) is 33.6 Å². The van der Waals surface area contributed by atoms with Crippen molar-refractivity contribution in [2.45, 2.75) is 103 Å². The van der Waals surface area contributed by atoms with Gasteiger partial charge in [-0.05, 0) is 37.5 Å². The monoisotopic (exact) mass is 585 g/mol. The molecule has 6 unspecified atom stereocenters. The number of carboxylic acid groups (broad SMARTS) is 3. The van der Waals surface area contributed by atoms with Crippen LogP contribution in [0.5, 0.6) is 0 Å². The van der Waals surface area contributed by atoms with E-state index in [1.807, 2.05) is 0 Å².